The van der Waals surface area contributed by atoms with E-state index < -0.39 is 0 Å². The molecule has 1 nitrogen and oxygen atoms in total. The number of thiophene rings is 1. The van der Waals surface area contributed by atoms with E-state index >= 15 is 0 Å². The molecule has 0 saturated heterocycles. The fourth-order valence-corrected chi connectivity index (χ4v) is 3.46. The third kappa shape index (κ3) is 4.89. The van der Waals surface area contributed by atoms with Crippen LogP contribution in [0.5, 0.6) is 0 Å². The molecular formula is C16H20INS. The van der Waals surface area contributed by atoms with Gasteiger partial charge >= 0.3 is 0 Å². The Balaban J connectivity index is 2.02. The molecule has 0 spiro atoms. The Morgan fingerprint density at radius 1 is 1.26 bits per heavy atom. The van der Waals surface area contributed by atoms with Gasteiger partial charge in [0.25, 0.3) is 0 Å². The van der Waals surface area contributed by atoms with Crippen molar-refractivity contribution in [3.63, 3.8) is 0 Å². The Morgan fingerprint density at radius 2 is 2.16 bits per heavy atom. The number of halogens is 1. The molecule has 0 aliphatic carbocycles. The molecule has 2 rings (SSSR count). The van der Waals surface area contributed by atoms with Gasteiger partial charge in [0.1, 0.15) is 0 Å². The number of hydrogen-bond donors (Lipinski definition) is 1. The maximum atomic E-state index is 3.68. The lowest BCUT2D eigenvalue weighted by molar-refractivity contribution is 0.500. The quantitative estimate of drug-likeness (QED) is 0.660. The van der Waals surface area contributed by atoms with Crippen LogP contribution in [0.1, 0.15) is 36.2 Å². The summed E-state index contributed by atoms with van der Waals surface area (Å²) in [6.07, 6.45) is 3.50. The van der Waals surface area contributed by atoms with Gasteiger partial charge < -0.3 is 5.32 Å². The second-order valence-electron chi connectivity index (χ2n) is 4.68. The van der Waals surface area contributed by atoms with Gasteiger partial charge in [-0.15, -0.1) is 11.3 Å². The zero-order chi connectivity index (χ0) is 13.5. The lowest BCUT2D eigenvalue weighted by atomic mass is 10.0. The van der Waals surface area contributed by atoms with Crippen molar-refractivity contribution in [1.29, 1.82) is 0 Å². The summed E-state index contributed by atoms with van der Waals surface area (Å²) < 4.78 is 1.31. The van der Waals surface area contributed by atoms with E-state index in [0.717, 1.165) is 13.0 Å². The molecular weight excluding hydrogens is 365 g/mol. The Labute approximate surface area is 133 Å². The predicted molar refractivity (Wildman–Crippen MR) is 92.8 cm³/mol. The van der Waals surface area contributed by atoms with E-state index in [1.54, 1.807) is 0 Å². The largest absolute Gasteiger partial charge is 0.310 e. The van der Waals surface area contributed by atoms with Crippen LogP contribution in [0.4, 0.5) is 0 Å². The molecule has 2 aromatic rings. The fourth-order valence-electron chi connectivity index (χ4n) is 2.17. The average molecular weight is 385 g/mol. The van der Waals surface area contributed by atoms with Gasteiger partial charge in [0.2, 0.25) is 0 Å². The van der Waals surface area contributed by atoms with Crippen LogP contribution in [0, 0.1) is 3.57 Å². The lowest BCUT2D eigenvalue weighted by Gasteiger charge is -2.19. The number of hydrogen-bond acceptors (Lipinski definition) is 2. The number of nitrogens with one attached hydrogen (secondary N) is 1. The summed E-state index contributed by atoms with van der Waals surface area (Å²) in [6, 6.07) is 13.7. The Hall–Kier alpha value is -0.390. The average Bonchev–Trinajstić information content (AvgIpc) is 2.92. The first kappa shape index (κ1) is 15.0. The topological polar surface area (TPSA) is 12.0 Å². The Morgan fingerprint density at radius 3 is 2.84 bits per heavy atom. The molecule has 1 aromatic carbocycles. The molecule has 0 amide bonds. The Kier molecular flexibility index (Phi) is 6.34. The highest BCUT2D eigenvalue weighted by Gasteiger charge is 2.11. The van der Waals surface area contributed by atoms with E-state index in [4.69, 9.17) is 0 Å². The standard InChI is InChI=1S/C16H20INS/c1-2-10-18-16(9-8-15-7-4-11-19-15)13-5-3-6-14(17)12-13/h3-7,11-12,16,18H,2,8-10H2,1H3. The van der Waals surface area contributed by atoms with Crippen LogP contribution >= 0.6 is 33.9 Å². The maximum absolute atomic E-state index is 3.68. The van der Waals surface area contributed by atoms with E-state index in [-0.39, 0.29) is 0 Å². The van der Waals surface area contributed by atoms with Crippen LogP contribution in [0.3, 0.4) is 0 Å². The lowest BCUT2D eigenvalue weighted by Crippen LogP contribution is -2.22. The SMILES string of the molecule is CCCNC(CCc1cccs1)c1cccc(I)c1. The van der Waals surface area contributed by atoms with Crippen LogP contribution in [0.15, 0.2) is 41.8 Å². The summed E-state index contributed by atoms with van der Waals surface area (Å²) in [5.74, 6) is 0. The highest BCUT2D eigenvalue weighted by Crippen LogP contribution is 2.22. The van der Waals surface area contributed by atoms with Gasteiger partial charge in [-0.3, -0.25) is 0 Å². The van der Waals surface area contributed by atoms with Gasteiger partial charge in [-0.2, -0.15) is 0 Å². The zero-order valence-electron chi connectivity index (χ0n) is 11.2. The molecule has 1 heterocycles. The molecule has 1 aromatic heterocycles. The number of aryl methyl sites for hydroxylation is 1. The smallest absolute Gasteiger partial charge is 0.0324 e. The maximum Gasteiger partial charge on any atom is 0.0324 e. The molecule has 1 unspecified atom stereocenters. The second-order valence-corrected chi connectivity index (χ2v) is 6.96. The van der Waals surface area contributed by atoms with Crippen molar-refractivity contribution in [3.8, 4) is 0 Å². The van der Waals surface area contributed by atoms with Crippen molar-refractivity contribution in [2.24, 2.45) is 0 Å². The van der Waals surface area contributed by atoms with Gasteiger partial charge in [0.15, 0.2) is 0 Å². The molecule has 0 radical (unpaired) electrons. The van der Waals surface area contributed by atoms with Crippen LogP contribution < -0.4 is 5.32 Å². The van der Waals surface area contributed by atoms with Gasteiger partial charge in [0.05, 0.1) is 0 Å². The molecule has 1 atom stereocenters. The normalized spacial score (nSPS) is 12.5. The highest BCUT2D eigenvalue weighted by atomic mass is 127. The summed E-state index contributed by atoms with van der Waals surface area (Å²) in [5.41, 5.74) is 1.41. The summed E-state index contributed by atoms with van der Waals surface area (Å²) in [4.78, 5) is 1.48. The monoisotopic (exact) mass is 385 g/mol. The van der Waals surface area contributed by atoms with Crippen molar-refractivity contribution in [3.05, 3.63) is 55.8 Å². The van der Waals surface area contributed by atoms with Crippen LogP contribution in [-0.2, 0) is 6.42 Å². The zero-order valence-corrected chi connectivity index (χ0v) is 14.2. The van der Waals surface area contributed by atoms with Gasteiger partial charge in [0, 0.05) is 14.5 Å². The Bertz CT molecular complexity index is 481. The fraction of sp³-hybridized carbons (Fsp3) is 0.375. The minimum Gasteiger partial charge on any atom is -0.310 e. The van der Waals surface area contributed by atoms with Crippen molar-refractivity contribution in [2.45, 2.75) is 32.2 Å². The molecule has 0 fully saturated rings. The van der Waals surface area contributed by atoms with Crippen molar-refractivity contribution in [1.82, 2.24) is 5.32 Å². The van der Waals surface area contributed by atoms with Gasteiger partial charge in [-0.25, -0.2) is 0 Å². The molecule has 1 N–H and O–H groups in total. The van der Waals surface area contributed by atoms with E-state index in [0.29, 0.717) is 6.04 Å². The minimum absolute atomic E-state index is 0.469. The highest BCUT2D eigenvalue weighted by molar-refractivity contribution is 14.1. The van der Waals surface area contributed by atoms with Crippen LogP contribution in [-0.4, -0.2) is 6.54 Å². The third-order valence-electron chi connectivity index (χ3n) is 3.15. The van der Waals surface area contributed by atoms with Crippen molar-refractivity contribution >= 4 is 33.9 Å². The second kappa shape index (κ2) is 8.02. The number of rotatable bonds is 7. The molecule has 19 heavy (non-hydrogen) atoms. The van der Waals surface area contributed by atoms with Gasteiger partial charge in [-0.05, 0) is 77.5 Å². The first-order chi connectivity index (χ1) is 9.29. The summed E-state index contributed by atoms with van der Waals surface area (Å²) in [6.45, 7) is 3.30. The van der Waals surface area contributed by atoms with Crippen LogP contribution in [0.25, 0.3) is 0 Å². The van der Waals surface area contributed by atoms with Crippen molar-refractivity contribution < 1.29 is 0 Å². The van der Waals surface area contributed by atoms with Crippen LogP contribution in [0.2, 0.25) is 0 Å². The molecule has 3 heteroatoms. The molecule has 102 valence electrons. The van der Waals surface area contributed by atoms with E-state index in [1.807, 2.05) is 11.3 Å². The van der Waals surface area contributed by atoms with Gasteiger partial charge in [-0.1, -0.05) is 25.1 Å². The first-order valence-electron chi connectivity index (χ1n) is 6.81. The minimum atomic E-state index is 0.469. The molecule has 0 aliphatic rings. The summed E-state index contributed by atoms with van der Waals surface area (Å²) >= 11 is 4.25. The van der Waals surface area contributed by atoms with E-state index in [1.165, 1.54) is 26.9 Å². The molecule has 0 bridgehead atoms. The third-order valence-corrected chi connectivity index (χ3v) is 4.76. The first-order valence-corrected chi connectivity index (χ1v) is 8.76. The summed E-state index contributed by atoms with van der Waals surface area (Å²) in [7, 11) is 0. The molecule has 0 aliphatic heterocycles. The van der Waals surface area contributed by atoms with E-state index in [9.17, 15) is 0 Å². The summed E-state index contributed by atoms with van der Waals surface area (Å²) in [5, 5.41) is 5.84. The molecule has 0 saturated carbocycles. The van der Waals surface area contributed by atoms with E-state index in [2.05, 4.69) is 76.6 Å². The van der Waals surface area contributed by atoms with Crippen molar-refractivity contribution in [2.75, 3.05) is 6.54 Å². The predicted octanol–water partition coefficient (Wildman–Crippen LogP) is 5.03. The number of benzene rings is 1.